The zero-order chi connectivity index (χ0) is 9.68. The van der Waals surface area contributed by atoms with Crippen LogP contribution < -0.4 is 11.1 Å². The van der Waals surface area contributed by atoms with Crippen LogP contribution in [0.4, 0.5) is 5.69 Å². The van der Waals surface area contributed by atoms with E-state index in [1.165, 1.54) is 0 Å². The molecular formula is C11H18N2. The normalized spacial score (nSPS) is 15.0. The minimum absolute atomic E-state index is 0.256. The Morgan fingerprint density at radius 3 is 2.38 bits per heavy atom. The van der Waals surface area contributed by atoms with Crippen molar-refractivity contribution < 1.29 is 0 Å². The third-order valence-electron chi connectivity index (χ3n) is 1.91. The van der Waals surface area contributed by atoms with Gasteiger partial charge in [0.05, 0.1) is 0 Å². The molecule has 0 aliphatic carbocycles. The molecule has 0 amide bonds. The lowest BCUT2D eigenvalue weighted by Crippen LogP contribution is -2.26. The van der Waals surface area contributed by atoms with Gasteiger partial charge in [-0.1, -0.05) is 18.2 Å². The predicted molar refractivity (Wildman–Crippen MR) is 57.8 cm³/mol. The van der Waals surface area contributed by atoms with E-state index in [9.17, 15) is 0 Å². The zero-order valence-corrected chi connectivity index (χ0v) is 8.33. The van der Waals surface area contributed by atoms with Crippen molar-refractivity contribution in [1.82, 2.24) is 0 Å². The van der Waals surface area contributed by atoms with Crippen LogP contribution in [0.15, 0.2) is 30.3 Å². The standard InChI is InChI=1S/C11H18N2/c1-9(12)8-10(2)13-11-6-4-3-5-7-11/h3-7,9-10,13H,8,12H2,1-2H3. The first kappa shape index (κ1) is 10.1. The molecule has 0 aliphatic rings. The Labute approximate surface area is 80.1 Å². The highest BCUT2D eigenvalue weighted by molar-refractivity contribution is 5.43. The van der Waals surface area contributed by atoms with Crippen LogP contribution in [0.5, 0.6) is 0 Å². The van der Waals surface area contributed by atoms with Gasteiger partial charge in [-0.2, -0.15) is 0 Å². The van der Waals surface area contributed by atoms with Crippen molar-refractivity contribution in [3.8, 4) is 0 Å². The monoisotopic (exact) mass is 178 g/mol. The lowest BCUT2D eigenvalue weighted by Gasteiger charge is -2.16. The van der Waals surface area contributed by atoms with E-state index < -0.39 is 0 Å². The van der Waals surface area contributed by atoms with Crippen LogP contribution in [0.25, 0.3) is 0 Å². The van der Waals surface area contributed by atoms with Gasteiger partial charge < -0.3 is 11.1 Å². The van der Waals surface area contributed by atoms with Gasteiger partial charge in [-0.15, -0.1) is 0 Å². The van der Waals surface area contributed by atoms with E-state index in [1.54, 1.807) is 0 Å². The Bertz CT molecular complexity index is 231. The minimum atomic E-state index is 0.256. The SMILES string of the molecule is CC(N)CC(C)Nc1ccccc1. The van der Waals surface area contributed by atoms with Crippen molar-refractivity contribution in [2.75, 3.05) is 5.32 Å². The quantitative estimate of drug-likeness (QED) is 0.742. The van der Waals surface area contributed by atoms with Gasteiger partial charge in [-0.25, -0.2) is 0 Å². The Morgan fingerprint density at radius 1 is 1.23 bits per heavy atom. The maximum absolute atomic E-state index is 5.71. The van der Waals surface area contributed by atoms with Crippen LogP contribution in [0.2, 0.25) is 0 Å². The number of hydrogen-bond donors (Lipinski definition) is 2. The molecule has 0 aliphatic heterocycles. The molecule has 0 saturated carbocycles. The number of nitrogens with two attached hydrogens (primary N) is 1. The van der Waals surface area contributed by atoms with Crippen molar-refractivity contribution in [3.05, 3.63) is 30.3 Å². The minimum Gasteiger partial charge on any atom is -0.383 e. The molecular weight excluding hydrogens is 160 g/mol. The van der Waals surface area contributed by atoms with Gasteiger partial charge in [-0.05, 0) is 32.4 Å². The highest BCUT2D eigenvalue weighted by atomic mass is 14.9. The van der Waals surface area contributed by atoms with Gasteiger partial charge in [0.1, 0.15) is 0 Å². The molecule has 2 nitrogen and oxygen atoms in total. The van der Waals surface area contributed by atoms with Crippen LogP contribution >= 0.6 is 0 Å². The summed E-state index contributed by atoms with van der Waals surface area (Å²) in [7, 11) is 0. The number of hydrogen-bond acceptors (Lipinski definition) is 2. The van der Waals surface area contributed by atoms with E-state index >= 15 is 0 Å². The molecule has 0 radical (unpaired) electrons. The van der Waals surface area contributed by atoms with Gasteiger partial charge in [0.25, 0.3) is 0 Å². The maximum Gasteiger partial charge on any atom is 0.0342 e. The summed E-state index contributed by atoms with van der Waals surface area (Å²) < 4.78 is 0. The largest absolute Gasteiger partial charge is 0.383 e. The first-order chi connectivity index (χ1) is 6.18. The zero-order valence-electron chi connectivity index (χ0n) is 8.33. The summed E-state index contributed by atoms with van der Waals surface area (Å²) >= 11 is 0. The first-order valence-corrected chi connectivity index (χ1v) is 4.75. The molecule has 13 heavy (non-hydrogen) atoms. The molecule has 0 bridgehead atoms. The van der Waals surface area contributed by atoms with Crippen LogP contribution in [-0.2, 0) is 0 Å². The number of anilines is 1. The number of benzene rings is 1. The van der Waals surface area contributed by atoms with Gasteiger partial charge in [0, 0.05) is 17.8 Å². The maximum atomic E-state index is 5.71. The van der Waals surface area contributed by atoms with Crippen LogP contribution in [-0.4, -0.2) is 12.1 Å². The average molecular weight is 178 g/mol. The number of rotatable bonds is 4. The summed E-state index contributed by atoms with van der Waals surface area (Å²) in [6.07, 6.45) is 0.995. The molecule has 2 atom stereocenters. The van der Waals surface area contributed by atoms with E-state index in [0.717, 1.165) is 12.1 Å². The summed E-state index contributed by atoms with van der Waals surface area (Å²) in [6.45, 7) is 4.18. The Kier molecular flexibility index (Phi) is 3.77. The van der Waals surface area contributed by atoms with Crippen molar-refractivity contribution in [1.29, 1.82) is 0 Å². The summed E-state index contributed by atoms with van der Waals surface area (Å²) in [6, 6.07) is 10.9. The topological polar surface area (TPSA) is 38.0 Å². The van der Waals surface area contributed by atoms with E-state index in [2.05, 4.69) is 24.4 Å². The Balaban J connectivity index is 2.41. The van der Waals surface area contributed by atoms with E-state index in [1.807, 2.05) is 25.1 Å². The van der Waals surface area contributed by atoms with Gasteiger partial charge in [0.15, 0.2) is 0 Å². The third-order valence-corrected chi connectivity index (χ3v) is 1.91. The van der Waals surface area contributed by atoms with E-state index in [4.69, 9.17) is 5.73 Å². The Hall–Kier alpha value is -1.02. The molecule has 2 heteroatoms. The average Bonchev–Trinajstić information content (AvgIpc) is 2.04. The summed E-state index contributed by atoms with van der Waals surface area (Å²) in [4.78, 5) is 0. The molecule has 1 aromatic carbocycles. The summed E-state index contributed by atoms with van der Waals surface area (Å²) in [5, 5.41) is 3.39. The fourth-order valence-electron chi connectivity index (χ4n) is 1.44. The summed E-state index contributed by atoms with van der Waals surface area (Å²) in [5.41, 5.74) is 6.87. The first-order valence-electron chi connectivity index (χ1n) is 4.75. The van der Waals surface area contributed by atoms with Crippen molar-refractivity contribution in [3.63, 3.8) is 0 Å². The lowest BCUT2D eigenvalue weighted by atomic mass is 10.1. The molecule has 3 N–H and O–H groups in total. The third kappa shape index (κ3) is 3.95. The molecule has 0 aromatic heterocycles. The highest BCUT2D eigenvalue weighted by Gasteiger charge is 2.03. The highest BCUT2D eigenvalue weighted by Crippen LogP contribution is 2.08. The second-order valence-electron chi connectivity index (χ2n) is 3.62. The van der Waals surface area contributed by atoms with Gasteiger partial charge >= 0.3 is 0 Å². The van der Waals surface area contributed by atoms with Crippen molar-refractivity contribution >= 4 is 5.69 Å². The molecule has 0 saturated heterocycles. The molecule has 0 fully saturated rings. The fraction of sp³-hybridized carbons (Fsp3) is 0.455. The lowest BCUT2D eigenvalue weighted by molar-refractivity contribution is 0.605. The van der Waals surface area contributed by atoms with Crippen LogP contribution in [0.3, 0.4) is 0 Å². The van der Waals surface area contributed by atoms with Crippen molar-refractivity contribution in [2.45, 2.75) is 32.4 Å². The van der Waals surface area contributed by atoms with Gasteiger partial charge in [0.2, 0.25) is 0 Å². The molecule has 72 valence electrons. The number of nitrogens with one attached hydrogen (secondary N) is 1. The smallest absolute Gasteiger partial charge is 0.0342 e. The van der Waals surface area contributed by atoms with Crippen molar-refractivity contribution in [2.24, 2.45) is 5.73 Å². The molecule has 2 unspecified atom stereocenters. The van der Waals surface area contributed by atoms with E-state index in [-0.39, 0.29) is 6.04 Å². The molecule has 0 spiro atoms. The summed E-state index contributed by atoms with van der Waals surface area (Å²) in [5.74, 6) is 0. The van der Waals surface area contributed by atoms with Gasteiger partial charge in [-0.3, -0.25) is 0 Å². The Morgan fingerprint density at radius 2 is 1.85 bits per heavy atom. The molecule has 1 rings (SSSR count). The molecule has 1 aromatic rings. The van der Waals surface area contributed by atoms with Crippen LogP contribution in [0.1, 0.15) is 20.3 Å². The second kappa shape index (κ2) is 4.87. The molecule has 0 heterocycles. The van der Waals surface area contributed by atoms with Crippen LogP contribution in [0, 0.1) is 0 Å². The van der Waals surface area contributed by atoms with E-state index in [0.29, 0.717) is 6.04 Å². The predicted octanol–water partition coefficient (Wildman–Crippen LogP) is 2.22. The number of para-hydroxylation sites is 1. The second-order valence-corrected chi connectivity index (χ2v) is 3.62. The fourth-order valence-corrected chi connectivity index (χ4v) is 1.44.